The third-order valence-electron chi connectivity index (χ3n) is 1.22. The maximum absolute atomic E-state index is 2.38. The quantitative estimate of drug-likeness (QED) is 0.514. The van der Waals surface area contributed by atoms with Gasteiger partial charge in [0.15, 0.2) is 0 Å². The summed E-state index contributed by atoms with van der Waals surface area (Å²) in [6.45, 7) is 9.36. The van der Waals surface area contributed by atoms with E-state index < -0.39 is 0 Å². The van der Waals surface area contributed by atoms with Crippen molar-refractivity contribution < 1.29 is 0 Å². The first kappa shape index (κ1) is 8.22. The number of rotatable bonds is 3. The van der Waals surface area contributed by atoms with E-state index in [1.54, 1.807) is 0 Å². The SMILES string of the molecule is CC(C)CC[Si](C)C. The summed E-state index contributed by atoms with van der Waals surface area (Å²) in [6, 6.07) is 1.49. The lowest BCUT2D eigenvalue weighted by molar-refractivity contribution is 0.622. The molecule has 0 saturated heterocycles. The lowest BCUT2D eigenvalue weighted by Gasteiger charge is -2.04. The van der Waals surface area contributed by atoms with Crippen LogP contribution >= 0.6 is 0 Å². The van der Waals surface area contributed by atoms with Gasteiger partial charge in [-0.1, -0.05) is 39.4 Å². The fraction of sp³-hybridized carbons (Fsp3) is 1.00. The molecule has 0 unspecified atom stereocenters. The van der Waals surface area contributed by atoms with Gasteiger partial charge in [-0.3, -0.25) is 0 Å². The zero-order chi connectivity index (χ0) is 6.57. The van der Waals surface area contributed by atoms with Crippen molar-refractivity contribution in [2.75, 3.05) is 0 Å². The summed E-state index contributed by atoms with van der Waals surface area (Å²) >= 11 is 0. The summed E-state index contributed by atoms with van der Waals surface area (Å²) in [5.41, 5.74) is 0. The molecule has 0 bridgehead atoms. The molecule has 0 aromatic rings. The topological polar surface area (TPSA) is 0 Å². The Hall–Kier alpha value is 0.217. The van der Waals surface area contributed by atoms with Crippen LogP contribution in [0.4, 0.5) is 0 Å². The Morgan fingerprint density at radius 2 is 1.75 bits per heavy atom. The minimum Gasteiger partial charge on any atom is -0.0713 e. The van der Waals surface area contributed by atoms with Crippen molar-refractivity contribution in [3.8, 4) is 0 Å². The maximum atomic E-state index is 2.38. The molecule has 0 aromatic carbocycles. The van der Waals surface area contributed by atoms with Crippen molar-refractivity contribution in [3.05, 3.63) is 0 Å². The van der Waals surface area contributed by atoms with E-state index in [4.69, 9.17) is 0 Å². The van der Waals surface area contributed by atoms with Gasteiger partial charge in [0.2, 0.25) is 0 Å². The highest BCUT2D eigenvalue weighted by atomic mass is 28.3. The highest BCUT2D eigenvalue weighted by molar-refractivity contribution is 6.55. The van der Waals surface area contributed by atoms with Gasteiger partial charge in [0, 0.05) is 8.80 Å². The maximum Gasteiger partial charge on any atom is 0.0413 e. The van der Waals surface area contributed by atoms with Gasteiger partial charge in [-0.25, -0.2) is 0 Å². The van der Waals surface area contributed by atoms with Crippen molar-refractivity contribution in [2.45, 2.75) is 39.4 Å². The van der Waals surface area contributed by atoms with Crippen LogP contribution < -0.4 is 0 Å². The Morgan fingerprint density at radius 3 is 1.88 bits per heavy atom. The largest absolute Gasteiger partial charge is 0.0713 e. The summed E-state index contributed by atoms with van der Waals surface area (Å²) in [7, 11) is 0.0702. The fourth-order valence-electron chi connectivity index (χ4n) is 0.577. The van der Waals surface area contributed by atoms with E-state index in [1.807, 2.05) is 0 Å². The monoisotopic (exact) mass is 129 g/mol. The second-order valence-corrected chi connectivity index (χ2v) is 6.05. The minimum atomic E-state index is 0.0702. The van der Waals surface area contributed by atoms with Gasteiger partial charge >= 0.3 is 0 Å². The molecule has 0 heterocycles. The van der Waals surface area contributed by atoms with Crippen LogP contribution in [0.15, 0.2) is 0 Å². The summed E-state index contributed by atoms with van der Waals surface area (Å²) in [5, 5.41) is 0. The third-order valence-corrected chi connectivity index (χ3v) is 2.51. The van der Waals surface area contributed by atoms with Crippen LogP contribution in [0.25, 0.3) is 0 Å². The molecular formula is C7H17Si. The molecule has 0 aliphatic heterocycles. The zero-order valence-corrected chi connectivity index (χ0v) is 7.49. The van der Waals surface area contributed by atoms with E-state index in [0.29, 0.717) is 0 Å². The molecule has 0 aliphatic carbocycles. The highest BCUT2D eigenvalue weighted by Crippen LogP contribution is 2.06. The molecule has 1 radical (unpaired) electrons. The van der Waals surface area contributed by atoms with Gasteiger partial charge in [0.1, 0.15) is 0 Å². The number of hydrogen-bond donors (Lipinski definition) is 0. The smallest absolute Gasteiger partial charge is 0.0413 e. The molecule has 0 N–H and O–H groups in total. The first-order valence-corrected chi connectivity index (χ1v) is 6.12. The van der Waals surface area contributed by atoms with Gasteiger partial charge in [-0.2, -0.15) is 0 Å². The van der Waals surface area contributed by atoms with Crippen LogP contribution in [0.2, 0.25) is 19.1 Å². The predicted octanol–water partition coefficient (Wildman–Crippen LogP) is 2.79. The molecule has 8 heavy (non-hydrogen) atoms. The Morgan fingerprint density at radius 1 is 1.25 bits per heavy atom. The Bertz CT molecular complexity index is 40.3. The summed E-state index contributed by atoms with van der Waals surface area (Å²) in [5.74, 6) is 0.912. The van der Waals surface area contributed by atoms with Crippen molar-refractivity contribution in [2.24, 2.45) is 5.92 Å². The molecule has 0 nitrogen and oxygen atoms in total. The van der Waals surface area contributed by atoms with Crippen LogP contribution in [-0.2, 0) is 0 Å². The fourth-order valence-corrected chi connectivity index (χ4v) is 1.73. The van der Waals surface area contributed by atoms with E-state index in [2.05, 4.69) is 26.9 Å². The Balaban J connectivity index is 2.93. The lowest BCUT2D eigenvalue weighted by Crippen LogP contribution is -2.00. The van der Waals surface area contributed by atoms with Crippen molar-refractivity contribution >= 4 is 8.80 Å². The molecule has 0 amide bonds. The van der Waals surface area contributed by atoms with E-state index in [0.717, 1.165) is 5.92 Å². The van der Waals surface area contributed by atoms with Crippen molar-refractivity contribution in [3.63, 3.8) is 0 Å². The first-order chi connectivity index (χ1) is 3.63. The van der Waals surface area contributed by atoms with E-state index in [9.17, 15) is 0 Å². The van der Waals surface area contributed by atoms with Crippen molar-refractivity contribution in [1.29, 1.82) is 0 Å². The van der Waals surface area contributed by atoms with Gasteiger partial charge in [-0.15, -0.1) is 0 Å². The van der Waals surface area contributed by atoms with Gasteiger partial charge in [0.05, 0.1) is 0 Å². The number of hydrogen-bond acceptors (Lipinski definition) is 0. The second kappa shape index (κ2) is 4.13. The lowest BCUT2D eigenvalue weighted by atomic mass is 10.2. The molecule has 0 rings (SSSR count). The zero-order valence-electron chi connectivity index (χ0n) is 6.49. The van der Waals surface area contributed by atoms with Gasteiger partial charge in [-0.05, 0) is 5.92 Å². The minimum absolute atomic E-state index is 0.0702. The molecule has 49 valence electrons. The van der Waals surface area contributed by atoms with Crippen LogP contribution in [0.1, 0.15) is 20.3 Å². The molecule has 0 fully saturated rings. The summed E-state index contributed by atoms with van der Waals surface area (Å²) < 4.78 is 0. The molecule has 0 spiro atoms. The van der Waals surface area contributed by atoms with Crippen LogP contribution in [-0.4, -0.2) is 8.80 Å². The summed E-state index contributed by atoms with van der Waals surface area (Å²) in [6.07, 6.45) is 1.43. The Labute approximate surface area is 54.9 Å². The molecule has 0 aromatic heterocycles. The molecule has 0 aliphatic rings. The molecule has 0 atom stereocenters. The third kappa shape index (κ3) is 6.22. The van der Waals surface area contributed by atoms with Crippen molar-refractivity contribution in [1.82, 2.24) is 0 Å². The van der Waals surface area contributed by atoms with E-state index in [-0.39, 0.29) is 8.80 Å². The summed E-state index contributed by atoms with van der Waals surface area (Å²) in [4.78, 5) is 0. The molecular weight excluding hydrogens is 112 g/mol. The van der Waals surface area contributed by atoms with Crippen LogP contribution in [0, 0.1) is 5.92 Å². The van der Waals surface area contributed by atoms with E-state index in [1.165, 1.54) is 12.5 Å². The van der Waals surface area contributed by atoms with Crippen LogP contribution in [0.5, 0.6) is 0 Å². The van der Waals surface area contributed by atoms with E-state index >= 15 is 0 Å². The normalized spacial score (nSPS) is 11.2. The van der Waals surface area contributed by atoms with Gasteiger partial charge < -0.3 is 0 Å². The standard InChI is InChI=1S/C7H17Si/c1-7(2)5-6-8(3)4/h7H,5-6H2,1-4H3. The molecule has 0 saturated carbocycles. The average molecular weight is 129 g/mol. The average Bonchev–Trinajstić information content (AvgIpc) is 1.61. The first-order valence-electron chi connectivity index (χ1n) is 3.42. The second-order valence-electron chi connectivity index (χ2n) is 3.14. The Kier molecular flexibility index (Phi) is 4.24. The molecule has 1 heteroatoms. The van der Waals surface area contributed by atoms with Crippen LogP contribution in [0.3, 0.4) is 0 Å². The highest BCUT2D eigenvalue weighted by Gasteiger charge is 1.97. The predicted molar refractivity (Wildman–Crippen MR) is 41.7 cm³/mol. The van der Waals surface area contributed by atoms with Gasteiger partial charge in [0.25, 0.3) is 0 Å².